The van der Waals surface area contributed by atoms with E-state index in [-0.39, 0.29) is 17.4 Å². The maximum atomic E-state index is 12.9. The van der Waals surface area contributed by atoms with Gasteiger partial charge in [0.15, 0.2) is 0 Å². The van der Waals surface area contributed by atoms with Gasteiger partial charge in [0.05, 0.1) is 16.0 Å². The van der Waals surface area contributed by atoms with Crippen molar-refractivity contribution in [2.45, 2.75) is 31.7 Å². The summed E-state index contributed by atoms with van der Waals surface area (Å²) in [4.78, 5) is 37.8. The van der Waals surface area contributed by atoms with Gasteiger partial charge in [-0.05, 0) is 38.0 Å². The summed E-state index contributed by atoms with van der Waals surface area (Å²) >= 11 is 2.50. The molecular weight excluding hydrogens is 422 g/mol. The molecule has 0 aliphatic heterocycles. The molecular formula is C19H19N7O2S2. The SMILES string of the molecule is Cc1ccc(NC(=O)c2sc3nc(CSc4n[nH]c(N)n4)[nH]c(=O)c3c2C)c(C)c1. The first-order valence-electron chi connectivity index (χ1n) is 9.03. The number of hydrogen-bond donors (Lipinski definition) is 4. The molecule has 0 unspecified atom stereocenters. The molecule has 0 aliphatic carbocycles. The van der Waals surface area contributed by atoms with E-state index >= 15 is 0 Å². The van der Waals surface area contributed by atoms with Crippen molar-refractivity contribution in [3.8, 4) is 0 Å². The predicted molar refractivity (Wildman–Crippen MR) is 119 cm³/mol. The lowest BCUT2D eigenvalue weighted by Crippen LogP contribution is -2.13. The topological polar surface area (TPSA) is 142 Å². The molecule has 0 saturated heterocycles. The van der Waals surface area contributed by atoms with Gasteiger partial charge in [0.2, 0.25) is 11.1 Å². The number of carbonyl (C=O) groups is 1. The van der Waals surface area contributed by atoms with Crippen LogP contribution in [-0.2, 0) is 5.75 Å². The summed E-state index contributed by atoms with van der Waals surface area (Å²) in [6.07, 6.45) is 0. The Hall–Kier alpha value is -3.18. The highest BCUT2D eigenvalue weighted by Gasteiger charge is 2.20. The molecule has 3 heterocycles. The highest BCUT2D eigenvalue weighted by Crippen LogP contribution is 2.29. The molecule has 154 valence electrons. The first-order valence-corrected chi connectivity index (χ1v) is 10.8. The van der Waals surface area contributed by atoms with Crippen molar-refractivity contribution < 1.29 is 4.79 Å². The number of hydrogen-bond acceptors (Lipinski definition) is 8. The minimum Gasteiger partial charge on any atom is -0.368 e. The van der Waals surface area contributed by atoms with E-state index in [0.29, 0.717) is 37.4 Å². The van der Waals surface area contributed by atoms with Crippen LogP contribution in [-0.4, -0.2) is 31.1 Å². The monoisotopic (exact) mass is 441 g/mol. The number of aromatic nitrogens is 5. The molecule has 1 amide bonds. The molecule has 0 fully saturated rings. The number of thiophene rings is 1. The Morgan fingerprint density at radius 3 is 2.77 bits per heavy atom. The number of rotatable bonds is 5. The first kappa shape index (κ1) is 20.1. The summed E-state index contributed by atoms with van der Waals surface area (Å²) in [6, 6.07) is 5.82. The Balaban J connectivity index is 1.61. The summed E-state index contributed by atoms with van der Waals surface area (Å²) in [5.74, 6) is 0.809. The number of nitrogens with two attached hydrogens (primary N) is 1. The van der Waals surface area contributed by atoms with E-state index in [4.69, 9.17) is 5.73 Å². The number of nitrogens with zero attached hydrogens (tertiary/aromatic N) is 3. The van der Waals surface area contributed by atoms with Crippen LogP contribution in [0.5, 0.6) is 0 Å². The number of nitrogens with one attached hydrogen (secondary N) is 3. The number of carbonyl (C=O) groups excluding carboxylic acids is 1. The second-order valence-corrected chi connectivity index (χ2v) is 8.75. The molecule has 0 saturated carbocycles. The maximum absolute atomic E-state index is 12.9. The maximum Gasteiger partial charge on any atom is 0.266 e. The highest BCUT2D eigenvalue weighted by atomic mass is 32.2. The minimum absolute atomic E-state index is 0.225. The molecule has 4 rings (SSSR count). The van der Waals surface area contributed by atoms with Crippen molar-refractivity contribution in [1.29, 1.82) is 0 Å². The van der Waals surface area contributed by atoms with Gasteiger partial charge in [-0.25, -0.2) is 10.1 Å². The molecule has 9 nitrogen and oxygen atoms in total. The van der Waals surface area contributed by atoms with Crippen molar-refractivity contribution in [3.63, 3.8) is 0 Å². The van der Waals surface area contributed by atoms with Crippen LogP contribution in [0.3, 0.4) is 0 Å². The molecule has 5 N–H and O–H groups in total. The van der Waals surface area contributed by atoms with Gasteiger partial charge in [-0.3, -0.25) is 9.59 Å². The van der Waals surface area contributed by atoms with Gasteiger partial charge >= 0.3 is 0 Å². The Morgan fingerprint density at radius 2 is 2.07 bits per heavy atom. The lowest BCUT2D eigenvalue weighted by atomic mass is 10.1. The Labute approximate surface area is 179 Å². The Morgan fingerprint density at radius 1 is 1.27 bits per heavy atom. The molecule has 0 radical (unpaired) electrons. The van der Waals surface area contributed by atoms with Gasteiger partial charge in [-0.2, -0.15) is 4.98 Å². The van der Waals surface area contributed by atoms with E-state index in [0.717, 1.165) is 16.8 Å². The lowest BCUT2D eigenvalue weighted by Gasteiger charge is -2.08. The zero-order valence-corrected chi connectivity index (χ0v) is 18.1. The van der Waals surface area contributed by atoms with E-state index in [2.05, 4.69) is 30.5 Å². The second-order valence-electron chi connectivity index (χ2n) is 6.81. The van der Waals surface area contributed by atoms with Crippen LogP contribution >= 0.6 is 23.1 Å². The number of thioether (sulfide) groups is 1. The van der Waals surface area contributed by atoms with Crippen LogP contribution in [0.4, 0.5) is 11.6 Å². The third kappa shape index (κ3) is 3.94. The van der Waals surface area contributed by atoms with Crippen molar-refractivity contribution in [3.05, 3.63) is 55.9 Å². The fourth-order valence-electron chi connectivity index (χ4n) is 3.06. The number of H-pyrrole nitrogens is 2. The summed E-state index contributed by atoms with van der Waals surface area (Å²) in [7, 11) is 0. The third-order valence-electron chi connectivity index (χ3n) is 4.51. The molecule has 0 bridgehead atoms. The summed E-state index contributed by atoms with van der Waals surface area (Å²) in [5, 5.41) is 10.3. The third-order valence-corrected chi connectivity index (χ3v) is 6.55. The smallest absolute Gasteiger partial charge is 0.266 e. The van der Waals surface area contributed by atoms with Gasteiger partial charge in [0.25, 0.3) is 11.5 Å². The molecule has 3 aromatic heterocycles. The Kier molecular flexibility index (Phi) is 5.31. The zero-order valence-electron chi connectivity index (χ0n) is 16.5. The normalized spacial score (nSPS) is 11.2. The second kappa shape index (κ2) is 7.92. The quantitative estimate of drug-likeness (QED) is 0.348. The summed E-state index contributed by atoms with van der Waals surface area (Å²) in [6.45, 7) is 5.70. The fourth-order valence-corrected chi connectivity index (χ4v) is 4.83. The van der Waals surface area contributed by atoms with Crippen LogP contribution in [0.1, 0.15) is 32.2 Å². The van der Waals surface area contributed by atoms with E-state index < -0.39 is 0 Å². The molecule has 30 heavy (non-hydrogen) atoms. The van der Waals surface area contributed by atoms with Gasteiger partial charge < -0.3 is 16.0 Å². The van der Waals surface area contributed by atoms with Crippen LogP contribution < -0.4 is 16.6 Å². The number of fused-ring (bicyclic) bond motifs is 1. The first-order chi connectivity index (χ1) is 14.3. The van der Waals surface area contributed by atoms with E-state index in [1.54, 1.807) is 6.92 Å². The summed E-state index contributed by atoms with van der Waals surface area (Å²) < 4.78 is 0. The van der Waals surface area contributed by atoms with Crippen molar-refractivity contribution in [2.75, 3.05) is 11.1 Å². The molecule has 0 aliphatic rings. The molecule has 11 heteroatoms. The van der Waals surface area contributed by atoms with Gasteiger partial charge in [0.1, 0.15) is 10.7 Å². The highest BCUT2D eigenvalue weighted by molar-refractivity contribution is 7.98. The number of nitrogen functional groups attached to an aromatic ring is 1. The van der Waals surface area contributed by atoms with Gasteiger partial charge in [-0.1, -0.05) is 29.5 Å². The van der Waals surface area contributed by atoms with Gasteiger partial charge in [0, 0.05) is 5.69 Å². The zero-order chi connectivity index (χ0) is 21.4. The average Bonchev–Trinajstić information content (AvgIpc) is 3.25. The van der Waals surface area contributed by atoms with Crippen molar-refractivity contribution in [2.24, 2.45) is 0 Å². The summed E-state index contributed by atoms with van der Waals surface area (Å²) in [5.41, 5.74) is 8.70. The Bertz CT molecular complexity index is 1320. The average molecular weight is 442 g/mol. The number of aromatic amines is 2. The van der Waals surface area contributed by atoms with Crippen LogP contribution in [0, 0.1) is 20.8 Å². The predicted octanol–water partition coefficient (Wildman–Crippen LogP) is 3.15. The van der Waals surface area contributed by atoms with E-state index in [1.807, 2.05) is 32.0 Å². The van der Waals surface area contributed by atoms with Crippen LogP contribution in [0.15, 0.2) is 28.2 Å². The minimum atomic E-state index is -0.274. The lowest BCUT2D eigenvalue weighted by molar-refractivity contribution is 0.103. The van der Waals surface area contributed by atoms with E-state index in [1.165, 1.54) is 23.1 Å². The molecule has 1 aromatic carbocycles. The molecule has 0 atom stereocenters. The standard InChI is InChI=1S/C19H19N7O2S2/c1-8-4-5-11(9(2)6-8)21-16(28)14-10(3)13-15(27)22-12(23-17(13)30-14)7-29-19-24-18(20)25-26-19/h4-6H,7H2,1-3H3,(H,21,28)(H,22,23,27)(H3,20,24,25,26). The number of amides is 1. The number of anilines is 2. The van der Waals surface area contributed by atoms with Gasteiger partial charge in [-0.15, -0.1) is 16.4 Å². The largest absolute Gasteiger partial charge is 0.368 e. The van der Waals surface area contributed by atoms with Crippen LogP contribution in [0.25, 0.3) is 10.2 Å². The number of aryl methyl sites for hydroxylation is 3. The van der Waals surface area contributed by atoms with Crippen molar-refractivity contribution >= 4 is 50.9 Å². The van der Waals surface area contributed by atoms with Crippen LogP contribution in [0.2, 0.25) is 0 Å². The number of benzene rings is 1. The molecule has 4 aromatic rings. The van der Waals surface area contributed by atoms with Crippen molar-refractivity contribution in [1.82, 2.24) is 25.1 Å². The molecule has 0 spiro atoms. The fraction of sp³-hybridized carbons (Fsp3) is 0.211. The van der Waals surface area contributed by atoms with E-state index in [9.17, 15) is 9.59 Å².